The molecular weight excluding hydrogens is 165 g/mol. The van der Waals surface area contributed by atoms with E-state index >= 15 is 0 Å². The highest BCUT2D eigenvalue weighted by atomic mass is 31.0. The Bertz CT molecular complexity index is 330. The molecule has 1 rings (SSSR count). The van der Waals surface area contributed by atoms with E-state index < -0.39 is 0 Å². The van der Waals surface area contributed by atoms with E-state index in [0.717, 1.165) is 5.56 Å². The van der Waals surface area contributed by atoms with Crippen LogP contribution in [0.3, 0.4) is 0 Å². The van der Waals surface area contributed by atoms with Crippen molar-refractivity contribution in [1.29, 1.82) is 5.26 Å². The average molecular weight is 175 g/mol. The number of hydrogen-bond acceptors (Lipinski definition) is 1. The first-order valence-electron chi connectivity index (χ1n) is 3.66. The molecule has 0 radical (unpaired) electrons. The summed E-state index contributed by atoms with van der Waals surface area (Å²) in [7, 11) is 2.40. The maximum Gasteiger partial charge on any atom is 0.0990 e. The third-order valence-corrected chi connectivity index (χ3v) is 1.82. The molecule has 1 aromatic rings. The first-order chi connectivity index (χ1) is 5.72. The predicted octanol–water partition coefficient (Wildman–Crippen LogP) is 2.73. The summed E-state index contributed by atoms with van der Waals surface area (Å²) in [5, 5.41) is 9.16. The molecule has 0 aliphatic rings. The molecule has 1 unspecified atom stereocenters. The molecule has 60 valence electrons. The summed E-state index contributed by atoms with van der Waals surface area (Å²) in [5.74, 6) is 0. The van der Waals surface area contributed by atoms with Crippen LogP contribution < -0.4 is 0 Å². The van der Waals surface area contributed by atoms with Crippen LogP contribution in [0, 0.1) is 18.3 Å². The maximum absolute atomic E-state index is 8.51. The molecule has 12 heavy (non-hydrogen) atoms. The second-order valence-corrected chi connectivity index (χ2v) is 3.24. The Morgan fingerprint density at radius 1 is 1.42 bits per heavy atom. The Morgan fingerprint density at radius 3 is 2.50 bits per heavy atom. The lowest BCUT2D eigenvalue weighted by molar-refractivity contribution is 1.46. The van der Waals surface area contributed by atoms with E-state index in [1.165, 1.54) is 5.56 Å². The van der Waals surface area contributed by atoms with E-state index in [2.05, 4.69) is 15.3 Å². The van der Waals surface area contributed by atoms with Gasteiger partial charge >= 0.3 is 0 Å². The summed E-state index contributed by atoms with van der Waals surface area (Å²) in [4.78, 5) is 0. The highest BCUT2D eigenvalue weighted by Gasteiger charge is 1.88. The molecule has 1 aromatic carbocycles. The normalized spacial score (nSPS) is 10.9. The smallest absolute Gasteiger partial charge is 0.0990 e. The zero-order chi connectivity index (χ0) is 8.97. The fourth-order valence-electron chi connectivity index (χ4n) is 0.875. The molecule has 0 N–H and O–H groups in total. The van der Waals surface area contributed by atoms with Crippen molar-refractivity contribution < 1.29 is 0 Å². The summed E-state index contributed by atoms with van der Waals surface area (Å²) in [6.45, 7) is 2.04. The van der Waals surface area contributed by atoms with Crippen LogP contribution in [0.25, 0.3) is 6.08 Å². The topological polar surface area (TPSA) is 23.8 Å². The zero-order valence-electron chi connectivity index (χ0n) is 6.91. The van der Waals surface area contributed by atoms with Crippen LogP contribution in [0.1, 0.15) is 11.1 Å². The van der Waals surface area contributed by atoms with Gasteiger partial charge in [0.2, 0.25) is 0 Å². The molecule has 0 bridgehead atoms. The number of allylic oxidation sites excluding steroid dienone is 1. The van der Waals surface area contributed by atoms with Crippen molar-refractivity contribution in [3.63, 3.8) is 0 Å². The fraction of sp³-hybridized carbons (Fsp3) is 0.100. The largest absolute Gasteiger partial charge is 0.192 e. The molecule has 1 nitrogen and oxygen atoms in total. The number of benzene rings is 1. The average Bonchev–Trinajstić information content (AvgIpc) is 2.09. The zero-order valence-corrected chi connectivity index (χ0v) is 8.07. The Kier molecular flexibility index (Phi) is 3.02. The molecular formula is C10H10NP. The molecule has 0 aliphatic heterocycles. The summed E-state index contributed by atoms with van der Waals surface area (Å²) in [6, 6.07) is 10.1. The molecule has 2 heteroatoms. The van der Waals surface area contributed by atoms with Crippen molar-refractivity contribution in [3.8, 4) is 6.07 Å². The van der Waals surface area contributed by atoms with Crippen molar-refractivity contribution in [1.82, 2.24) is 0 Å². The van der Waals surface area contributed by atoms with E-state index in [1.807, 2.05) is 37.3 Å². The van der Waals surface area contributed by atoms with Crippen LogP contribution in [0.2, 0.25) is 0 Å². The van der Waals surface area contributed by atoms with Gasteiger partial charge in [-0.1, -0.05) is 39.1 Å². The van der Waals surface area contributed by atoms with E-state index in [1.54, 1.807) is 0 Å². The van der Waals surface area contributed by atoms with E-state index in [9.17, 15) is 0 Å². The number of rotatable bonds is 1. The highest BCUT2D eigenvalue weighted by molar-refractivity contribution is 7.23. The lowest BCUT2D eigenvalue weighted by Crippen LogP contribution is -1.73. The van der Waals surface area contributed by atoms with Gasteiger partial charge < -0.3 is 0 Å². The summed E-state index contributed by atoms with van der Waals surface area (Å²) in [5.41, 5.74) is 2.29. The molecule has 0 fully saturated rings. The maximum atomic E-state index is 8.51. The van der Waals surface area contributed by atoms with E-state index in [-0.39, 0.29) is 0 Å². The third kappa shape index (κ3) is 2.49. The van der Waals surface area contributed by atoms with E-state index in [4.69, 9.17) is 5.26 Å². The van der Waals surface area contributed by atoms with Crippen LogP contribution in [0.5, 0.6) is 0 Å². The monoisotopic (exact) mass is 175 g/mol. The molecule has 0 spiro atoms. The van der Waals surface area contributed by atoms with Crippen molar-refractivity contribution in [2.75, 3.05) is 0 Å². The standard InChI is InChI=1S/C10H10NP/c1-8-2-4-9(5-3-8)6-10(12)7-11/h2-6H,12H2,1H3. The van der Waals surface area contributed by atoms with Crippen LogP contribution in [0.15, 0.2) is 29.6 Å². The van der Waals surface area contributed by atoms with Crippen molar-refractivity contribution in [3.05, 3.63) is 40.7 Å². The Morgan fingerprint density at radius 2 is 2.00 bits per heavy atom. The van der Waals surface area contributed by atoms with Gasteiger partial charge in [0, 0.05) is 5.31 Å². The summed E-state index contributed by atoms with van der Waals surface area (Å²) < 4.78 is 0. The Balaban J connectivity index is 2.93. The van der Waals surface area contributed by atoms with Gasteiger partial charge in [0.15, 0.2) is 0 Å². The minimum Gasteiger partial charge on any atom is -0.192 e. The lowest BCUT2D eigenvalue weighted by Gasteiger charge is -1.94. The molecule has 1 atom stereocenters. The second-order valence-electron chi connectivity index (χ2n) is 2.62. The second kappa shape index (κ2) is 4.04. The van der Waals surface area contributed by atoms with Gasteiger partial charge in [-0.3, -0.25) is 0 Å². The van der Waals surface area contributed by atoms with Gasteiger partial charge in [-0.2, -0.15) is 5.26 Å². The molecule has 0 heterocycles. The van der Waals surface area contributed by atoms with Gasteiger partial charge in [-0.25, -0.2) is 0 Å². The lowest BCUT2D eigenvalue weighted by atomic mass is 10.1. The van der Waals surface area contributed by atoms with Crippen molar-refractivity contribution in [2.45, 2.75) is 6.92 Å². The number of aryl methyl sites for hydroxylation is 1. The van der Waals surface area contributed by atoms with Gasteiger partial charge in [-0.15, -0.1) is 0 Å². The molecule has 0 saturated carbocycles. The Labute approximate surface area is 74.9 Å². The van der Waals surface area contributed by atoms with Crippen LogP contribution >= 0.6 is 9.24 Å². The van der Waals surface area contributed by atoms with Crippen molar-refractivity contribution >= 4 is 15.3 Å². The number of nitrogens with zero attached hydrogens (tertiary/aromatic N) is 1. The number of hydrogen-bond donors (Lipinski definition) is 0. The van der Waals surface area contributed by atoms with Crippen LogP contribution in [-0.4, -0.2) is 0 Å². The summed E-state index contributed by atoms with van der Waals surface area (Å²) in [6.07, 6.45) is 1.84. The van der Waals surface area contributed by atoms with Gasteiger partial charge in [0.05, 0.1) is 6.07 Å². The number of nitriles is 1. The molecule has 0 aromatic heterocycles. The van der Waals surface area contributed by atoms with Gasteiger partial charge in [0.25, 0.3) is 0 Å². The highest BCUT2D eigenvalue weighted by Crippen LogP contribution is 2.11. The van der Waals surface area contributed by atoms with Crippen molar-refractivity contribution in [2.24, 2.45) is 0 Å². The van der Waals surface area contributed by atoms with Gasteiger partial charge in [0.1, 0.15) is 0 Å². The van der Waals surface area contributed by atoms with Gasteiger partial charge in [-0.05, 0) is 18.6 Å². The molecule has 0 aliphatic carbocycles. The predicted molar refractivity (Wildman–Crippen MR) is 54.5 cm³/mol. The molecule has 0 amide bonds. The third-order valence-electron chi connectivity index (χ3n) is 1.53. The first kappa shape index (κ1) is 8.97. The fourth-order valence-corrected chi connectivity index (χ4v) is 1.07. The summed E-state index contributed by atoms with van der Waals surface area (Å²) >= 11 is 0. The Hall–Kier alpha value is -1.12. The SMILES string of the molecule is Cc1ccc(C=C(P)C#N)cc1. The quantitative estimate of drug-likeness (QED) is 0.475. The van der Waals surface area contributed by atoms with Crippen LogP contribution in [-0.2, 0) is 0 Å². The first-order valence-corrected chi connectivity index (χ1v) is 4.24. The minimum atomic E-state index is 0.652. The molecule has 0 saturated heterocycles. The van der Waals surface area contributed by atoms with Crippen LogP contribution in [0.4, 0.5) is 0 Å². The minimum absolute atomic E-state index is 0.652. The van der Waals surface area contributed by atoms with E-state index in [0.29, 0.717) is 5.31 Å².